The number of para-hydroxylation sites is 1. The van der Waals surface area contributed by atoms with Crippen molar-refractivity contribution in [2.75, 3.05) is 18.4 Å². The number of nitrogens with zero attached hydrogens (tertiary/aromatic N) is 1. The van der Waals surface area contributed by atoms with Gasteiger partial charge in [-0.2, -0.15) is 13.1 Å². The summed E-state index contributed by atoms with van der Waals surface area (Å²) in [7, 11) is -3.58. The van der Waals surface area contributed by atoms with Gasteiger partial charge in [0.2, 0.25) is 15.9 Å². The fourth-order valence-electron chi connectivity index (χ4n) is 3.19. The van der Waals surface area contributed by atoms with Crippen molar-refractivity contribution in [2.45, 2.75) is 23.5 Å². The Balaban J connectivity index is 1.57. The molecule has 1 aliphatic heterocycles. The first-order valence-corrected chi connectivity index (χ1v) is 11.8. The summed E-state index contributed by atoms with van der Waals surface area (Å²) in [6.07, 6.45) is 2.29. The molecule has 1 heterocycles. The average molecular weight is 453 g/mol. The van der Waals surface area contributed by atoms with Gasteiger partial charge in [-0.3, -0.25) is 4.79 Å². The summed E-state index contributed by atoms with van der Waals surface area (Å²) in [6, 6.07) is 15.5. The summed E-state index contributed by atoms with van der Waals surface area (Å²) in [5, 5.41) is 3.89. The van der Waals surface area contributed by atoms with Crippen LogP contribution in [0.5, 0.6) is 0 Å². The quantitative estimate of drug-likeness (QED) is 0.621. The fraction of sp³-hybridized carbons (Fsp3) is 0.286. The van der Waals surface area contributed by atoms with E-state index in [0.717, 1.165) is 5.56 Å². The standard InChI is InChI=1S/C21H22F2N2O3S2/c22-21(23)29-19-9-5-4-8-18(19)24-20(26)17-10-13-25(14-11-17)30(27,28)15-12-16-6-2-1-3-7-16/h1-9,12,15,17,21H,10-11,13-14H2,(H,24,26)/b15-12+. The zero-order valence-electron chi connectivity index (χ0n) is 16.1. The predicted molar refractivity (Wildman–Crippen MR) is 116 cm³/mol. The fourth-order valence-corrected chi connectivity index (χ4v) is 5.01. The Kier molecular flexibility index (Phi) is 7.63. The maximum atomic E-state index is 12.7. The Labute approximate surface area is 179 Å². The summed E-state index contributed by atoms with van der Waals surface area (Å²) in [6.45, 7) is 0.458. The Morgan fingerprint density at radius 1 is 1.07 bits per heavy atom. The van der Waals surface area contributed by atoms with Crippen LogP contribution in [0.15, 0.2) is 64.9 Å². The van der Waals surface area contributed by atoms with Gasteiger partial charge in [0.15, 0.2) is 0 Å². The summed E-state index contributed by atoms with van der Waals surface area (Å²) in [5.74, 6) is -3.24. The van der Waals surface area contributed by atoms with E-state index in [1.54, 1.807) is 24.3 Å². The van der Waals surface area contributed by atoms with E-state index in [4.69, 9.17) is 0 Å². The van der Waals surface area contributed by atoms with Gasteiger partial charge < -0.3 is 5.32 Å². The highest BCUT2D eigenvalue weighted by atomic mass is 32.2. The number of amides is 1. The number of anilines is 1. The molecule has 2 aromatic carbocycles. The molecule has 2 aromatic rings. The molecule has 0 bridgehead atoms. The number of carbonyl (C=O) groups excluding carboxylic acids is 1. The molecule has 0 radical (unpaired) electrons. The number of thioether (sulfide) groups is 1. The Bertz CT molecular complexity index is 990. The lowest BCUT2D eigenvalue weighted by Crippen LogP contribution is -2.40. The first-order valence-electron chi connectivity index (χ1n) is 9.43. The molecule has 1 saturated heterocycles. The molecule has 1 aliphatic rings. The highest BCUT2D eigenvalue weighted by molar-refractivity contribution is 7.99. The second-order valence-corrected chi connectivity index (χ2v) is 9.65. The van der Waals surface area contributed by atoms with Crippen molar-refractivity contribution in [1.29, 1.82) is 0 Å². The molecule has 0 saturated carbocycles. The highest BCUT2D eigenvalue weighted by Gasteiger charge is 2.30. The lowest BCUT2D eigenvalue weighted by molar-refractivity contribution is -0.120. The molecule has 1 fully saturated rings. The van der Waals surface area contributed by atoms with E-state index in [1.165, 1.54) is 15.8 Å². The lowest BCUT2D eigenvalue weighted by Gasteiger charge is -2.29. The normalized spacial score (nSPS) is 16.2. The van der Waals surface area contributed by atoms with Gasteiger partial charge in [-0.15, -0.1) is 0 Å². The third-order valence-electron chi connectivity index (χ3n) is 4.78. The third-order valence-corrected chi connectivity index (χ3v) is 7.13. The van der Waals surface area contributed by atoms with Crippen LogP contribution in [0, 0.1) is 5.92 Å². The zero-order valence-corrected chi connectivity index (χ0v) is 17.7. The minimum atomic E-state index is -3.58. The molecule has 0 spiro atoms. The molecule has 160 valence electrons. The van der Waals surface area contributed by atoms with Gasteiger partial charge in [0.25, 0.3) is 5.76 Å². The molecule has 1 N–H and O–H groups in total. The molecule has 0 aromatic heterocycles. The van der Waals surface area contributed by atoms with Crippen LogP contribution in [-0.4, -0.2) is 37.5 Å². The lowest BCUT2D eigenvalue weighted by atomic mass is 9.97. The number of hydrogen-bond donors (Lipinski definition) is 1. The molecular weight excluding hydrogens is 430 g/mol. The number of piperidine rings is 1. The SMILES string of the molecule is O=C(Nc1ccccc1SC(F)F)C1CCN(S(=O)(=O)/C=C/c2ccccc2)CC1. The molecule has 3 rings (SSSR count). The number of alkyl halides is 2. The first-order chi connectivity index (χ1) is 14.3. The van der Waals surface area contributed by atoms with Crippen molar-refractivity contribution in [2.24, 2.45) is 5.92 Å². The van der Waals surface area contributed by atoms with Gasteiger partial charge in [-0.05, 0) is 36.6 Å². The molecule has 0 unspecified atom stereocenters. The minimum absolute atomic E-state index is 0.229. The van der Waals surface area contributed by atoms with Crippen LogP contribution in [0.2, 0.25) is 0 Å². The predicted octanol–water partition coefficient (Wildman–Crippen LogP) is 4.65. The second kappa shape index (κ2) is 10.2. The van der Waals surface area contributed by atoms with Crippen molar-refractivity contribution in [3.05, 3.63) is 65.6 Å². The van der Waals surface area contributed by atoms with E-state index >= 15 is 0 Å². The van der Waals surface area contributed by atoms with Gasteiger partial charge in [0.1, 0.15) is 0 Å². The Hall–Kier alpha value is -2.23. The monoisotopic (exact) mass is 452 g/mol. The Morgan fingerprint density at radius 2 is 1.70 bits per heavy atom. The summed E-state index contributed by atoms with van der Waals surface area (Å²) < 4.78 is 51.8. The number of sulfonamides is 1. The number of rotatable bonds is 7. The number of halogens is 2. The maximum Gasteiger partial charge on any atom is 0.288 e. The smallest absolute Gasteiger partial charge is 0.288 e. The zero-order chi connectivity index (χ0) is 21.6. The molecule has 0 aliphatic carbocycles. The third kappa shape index (κ3) is 6.13. The molecule has 5 nitrogen and oxygen atoms in total. The van der Waals surface area contributed by atoms with Crippen LogP contribution in [0.3, 0.4) is 0 Å². The van der Waals surface area contributed by atoms with E-state index in [-0.39, 0.29) is 24.9 Å². The van der Waals surface area contributed by atoms with Crippen LogP contribution >= 0.6 is 11.8 Å². The van der Waals surface area contributed by atoms with E-state index in [2.05, 4.69) is 5.32 Å². The summed E-state index contributed by atoms with van der Waals surface area (Å²) in [4.78, 5) is 12.9. The van der Waals surface area contributed by atoms with Gasteiger partial charge in [-0.1, -0.05) is 54.2 Å². The van der Waals surface area contributed by atoms with E-state index in [9.17, 15) is 22.0 Å². The number of hydrogen-bond acceptors (Lipinski definition) is 4. The van der Waals surface area contributed by atoms with Crippen molar-refractivity contribution in [3.63, 3.8) is 0 Å². The van der Waals surface area contributed by atoms with Crippen molar-refractivity contribution < 1.29 is 22.0 Å². The molecular formula is C21H22F2N2O3S2. The van der Waals surface area contributed by atoms with Crippen LogP contribution < -0.4 is 5.32 Å². The van der Waals surface area contributed by atoms with Gasteiger partial charge in [0, 0.05) is 29.3 Å². The van der Waals surface area contributed by atoms with E-state index in [1.807, 2.05) is 30.3 Å². The molecule has 9 heteroatoms. The second-order valence-electron chi connectivity index (χ2n) is 6.80. The summed E-state index contributed by atoms with van der Waals surface area (Å²) >= 11 is 0.378. The number of nitrogens with one attached hydrogen (secondary N) is 1. The van der Waals surface area contributed by atoms with Crippen molar-refractivity contribution in [3.8, 4) is 0 Å². The van der Waals surface area contributed by atoms with Gasteiger partial charge >= 0.3 is 0 Å². The number of carbonyl (C=O) groups is 1. The molecule has 0 atom stereocenters. The van der Waals surface area contributed by atoms with Crippen molar-refractivity contribution in [1.82, 2.24) is 4.31 Å². The number of benzene rings is 2. The Morgan fingerprint density at radius 3 is 2.37 bits per heavy atom. The largest absolute Gasteiger partial charge is 0.325 e. The average Bonchev–Trinajstić information content (AvgIpc) is 2.74. The van der Waals surface area contributed by atoms with Gasteiger partial charge in [-0.25, -0.2) is 8.42 Å². The van der Waals surface area contributed by atoms with Crippen molar-refractivity contribution >= 4 is 39.5 Å². The topological polar surface area (TPSA) is 66.5 Å². The molecule has 30 heavy (non-hydrogen) atoms. The first kappa shape index (κ1) is 22.5. The van der Waals surface area contributed by atoms with E-state index < -0.39 is 15.8 Å². The minimum Gasteiger partial charge on any atom is -0.325 e. The van der Waals surface area contributed by atoms with Crippen LogP contribution in [0.4, 0.5) is 14.5 Å². The van der Waals surface area contributed by atoms with Crippen LogP contribution in [0.1, 0.15) is 18.4 Å². The van der Waals surface area contributed by atoms with Gasteiger partial charge in [0.05, 0.1) is 5.69 Å². The summed E-state index contributed by atoms with van der Waals surface area (Å²) in [5.41, 5.74) is 1.13. The highest BCUT2D eigenvalue weighted by Crippen LogP contribution is 2.32. The van der Waals surface area contributed by atoms with E-state index in [0.29, 0.717) is 35.2 Å². The van der Waals surface area contributed by atoms with Crippen LogP contribution in [-0.2, 0) is 14.8 Å². The molecule has 1 amide bonds. The van der Waals surface area contributed by atoms with Crippen LogP contribution in [0.25, 0.3) is 6.08 Å². The maximum absolute atomic E-state index is 12.7.